The van der Waals surface area contributed by atoms with Crippen molar-refractivity contribution in [2.45, 2.75) is 6.73 Å². The molecular weight excluding hydrogens is 813 g/mol. The zero-order chi connectivity index (χ0) is 44.4. The quantitative estimate of drug-likeness (QED) is 0.0206. The number of methoxy groups -OCH3 is 2. The number of para-hydroxylation sites is 4. The molecule has 14 heteroatoms. The summed E-state index contributed by atoms with van der Waals surface area (Å²) in [7, 11) is 3.23. The van der Waals surface area contributed by atoms with E-state index in [4.69, 9.17) is 38.6 Å². The third kappa shape index (κ3) is 11.4. The largest absolute Gasteiger partial charge is 0.871 e. The molecule has 0 saturated heterocycles. The number of nitrogens with zero attached hydrogens (tertiary/aromatic N) is 6. The number of hydrogen-bond donors (Lipinski definition) is 0. The standard InChI is InChI=1S/C50H52N6O8/c1-59-27-29-61-31-33-63-37-53-43(35-51-55(39-15-7-3-8-16-39)40-17-9-4-10-18-40)23-25-45(53)47-49(57)48(50(47)58)46-26-24-44(54(46)38-64-34-32-62-30-28-60-2)36-52-56(41-19-11-5-12-20-41)42-21-13-6-14-22-42/h3-26,35-36H,27-34,37-38H2,1-2H3. The van der Waals surface area contributed by atoms with Gasteiger partial charge in [-0.1, -0.05) is 78.6 Å². The van der Waals surface area contributed by atoms with Crippen LogP contribution >= 0.6 is 0 Å². The molecule has 0 unspecified atom stereocenters. The van der Waals surface area contributed by atoms with E-state index >= 15 is 0 Å². The van der Waals surface area contributed by atoms with E-state index in [1.165, 1.54) is 0 Å². The monoisotopic (exact) mass is 864 g/mol. The first kappa shape index (κ1) is 45.3. The molecule has 1 aliphatic carbocycles. The van der Waals surface area contributed by atoms with E-state index in [-0.39, 0.29) is 37.8 Å². The van der Waals surface area contributed by atoms with Crippen LogP contribution in [0.25, 0.3) is 5.57 Å². The summed E-state index contributed by atoms with van der Waals surface area (Å²) in [4.78, 5) is 14.4. The maximum Gasteiger partial charge on any atom is 0.253 e. The maximum absolute atomic E-state index is 14.4. The number of ether oxygens (including phenoxy) is 6. The van der Waals surface area contributed by atoms with Crippen molar-refractivity contribution in [2.75, 3.05) is 83.8 Å². The average Bonchev–Trinajstić information content (AvgIpc) is 3.92. The molecule has 330 valence electrons. The molecule has 5 aromatic rings. The summed E-state index contributed by atoms with van der Waals surface area (Å²) >= 11 is 0. The summed E-state index contributed by atoms with van der Waals surface area (Å²) in [5, 5.41) is 27.8. The molecule has 14 nitrogen and oxygen atoms in total. The molecule has 64 heavy (non-hydrogen) atoms. The van der Waals surface area contributed by atoms with Crippen LogP contribution < -0.4 is 15.1 Å². The Morgan fingerprint density at radius 2 is 1.03 bits per heavy atom. The normalized spacial score (nSPS) is 15.0. The fourth-order valence-corrected chi connectivity index (χ4v) is 6.89. The highest BCUT2D eigenvalue weighted by molar-refractivity contribution is 6.39. The van der Waals surface area contributed by atoms with E-state index in [1.54, 1.807) is 47.9 Å². The fourth-order valence-electron chi connectivity index (χ4n) is 6.89. The van der Waals surface area contributed by atoms with E-state index in [1.807, 2.05) is 143 Å². The van der Waals surface area contributed by atoms with Crippen molar-refractivity contribution in [3.63, 3.8) is 0 Å². The Balaban J connectivity index is 1.22. The molecular formula is C50H52N6O8. The summed E-state index contributed by atoms with van der Waals surface area (Å²) in [6.07, 6.45) is 6.97. The van der Waals surface area contributed by atoms with Gasteiger partial charge in [0.2, 0.25) is 17.2 Å². The molecule has 0 amide bonds. The molecule has 0 spiro atoms. The van der Waals surface area contributed by atoms with Crippen molar-refractivity contribution in [1.29, 1.82) is 0 Å². The highest BCUT2D eigenvalue weighted by Crippen LogP contribution is 2.38. The number of hydrogen-bond acceptors (Lipinski definition) is 12. The lowest BCUT2D eigenvalue weighted by atomic mass is 9.84. The Morgan fingerprint density at radius 1 is 0.562 bits per heavy atom. The van der Waals surface area contributed by atoms with Gasteiger partial charge in [0.1, 0.15) is 12.9 Å². The number of Topliss-reactive ketones (excluding diaryl/α,β-unsaturated/α-hetero) is 1. The predicted molar refractivity (Wildman–Crippen MR) is 246 cm³/mol. The maximum atomic E-state index is 14.4. The molecule has 7 rings (SSSR count). The molecule has 0 radical (unpaired) electrons. The van der Waals surface area contributed by atoms with Crippen LogP contribution in [0.15, 0.2) is 173 Å². The van der Waals surface area contributed by atoms with Crippen molar-refractivity contribution >= 4 is 52.2 Å². The molecule has 0 saturated carbocycles. The minimum atomic E-state index is -0.396. The zero-order valence-corrected chi connectivity index (χ0v) is 36.0. The van der Waals surface area contributed by atoms with Gasteiger partial charge >= 0.3 is 0 Å². The fraction of sp³-hybridized carbons (Fsp3) is 0.240. The Hall–Kier alpha value is -6.78. The second-order valence-electron chi connectivity index (χ2n) is 14.3. The number of ketones is 1. The second kappa shape index (κ2) is 23.6. The van der Waals surface area contributed by atoms with Crippen LogP contribution in [0, 0.1) is 0 Å². The lowest BCUT2D eigenvalue weighted by molar-refractivity contribution is -0.515. The number of aromatic nitrogens is 1. The van der Waals surface area contributed by atoms with Gasteiger partial charge in [-0.25, -0.2) is 10.0 Å². The summed E-state index contributed by atoms with van der Waals surface area (Å²) in [6.45, 7) is 3.08. The molecule has 1 aromatic heterocycles. The molecule has 2 aliphatic rings. The molecule has 0 N–H and O–H groups in total. The van der Waals surface area contributed by atoms with E-state index < -0.39 is 11.5 Å². The third-order valence-corrected chi connectivity index (χ3v) is 10.1. The minimum absolute atomic E-state index is 0.0317. The molecule has 1 aliphatic heterocycles. The topological polar surface area (TPSA) is 135 Å². The van der Waals surface area contributed by atoms with Crippen molar-refractivity contribution < 1.29 is 42.9 Å². The van der Waals surface area contributed by atoms with E-state index in [0.29, 0.717) is 62.4 Å². The molecule has 0 bridgehead atoms. The Kier molecular flexibility index (Phi) is 16.7. The van der Waals surface area contributed by atoms with E-state index in [9.17, 15) is 9.90 Å². The lowest BCUT2D eigenvalue weighted by Crippen LogP contribution is -2.34. The van der Waals surface area contributed by atoms with Gasteiger partial charge in [-0.3, -0.25) is 4.79 Å². The van der Waals surface area contributed by atoms with Crippen molar-refractivity contribution in [3.05, 3.63) is 174 Å². The Labute approximate surface area is 373 Å². The van der Waals surface area contributed by atoms with Gasteiger partial charge < -0.3 is 38.1 Å². The molecule has 2 heterocycles. The van der Waals surface area contributed by atoms with Gasteiger partial charge in [-0.05, 0) is 60.7 Å². The van der Waals surface area contributed by atoms with Gasteiger partial charge in [-0.15, -0.1) is 0 Å². The van der Waals surface area contributed by atoms with Crippen molar-refractivity contribution in [1.82, 2.24) is 4.57 Å². The Bertz CT molecular complexity index is 2390. The first-order valence-electron chi connectivity index (χ1n) is 21.0. The third-order valence-electron chi connectivity index (χ3n) is 10.1. The van der Waals surface area contributed by atoms with Crippen LogP contribution in [-0.2, 0) is 39.9 Å². The molecule has 4 aromatic carbocycles. The number of carbonyl (C=O) groups is 1. The number of allylic oxidation sites excluding steroid dienone is 4. The van der Waals surface area contributed by atoms with Gasteiger partial charge in [0.25, 0.3) is 6.73 Å². The lowest BCUT2D eigenvalue weighted by Gasteiger charge is -2.31. The first-order valence-corrected chi connectivity index (χ1v) is 21.0. The van der Waals surface area contributed by atoms with Crippen LogP contribution in [0.5, 0.6) is 0 Å². The van der Waals surface area contributed by atoms with Gasteiger partial charge in [0.15, 0.2) is 0 Å². The van der Waals surface area contributed by atoms with Crippen LogP contribution in [0.3, 0.4) is 0 Å². The number of hydrazone groups is 2. The SMILES string of the molecule is COCCOCCOCn1c(/C=N/N(c2ccccc2)c2ccccc2)ccc1C1=C([O-])/C(=C2/C=CC(/C=N/N(c3ccccc3)c3ccccc3)=[N+]2COCCOCCOC)C1=O. The van der Waals surface area contributed by atoms with Crippen molar-refractivity contribution in [3.8, 4) is 0 Å². The van der Waals surface area contributed by atoms with Crippen LogP contribution in [0.4, 0.5) is 22.7 Å². The van der Waals surface area contributed by atoms with E-state index in [2.05, 4.69) is 0 Å². The summed E-state index contributed by atoms with van der Waals surface area (Å²) in [5.74, 6) is -0.793. The van der Waals surface area contributed by atoms with Crippen molar-refractivity contribution in [2.24, 2.45) is 10.2 Å². The number of anilines is 4. The highest BCUT2D eigenvalue weighted by atomic mass is 16.5. The van der Waals surface area contributed by atoms with E-state index in [0.717, 1.165) is 22.7 Å². The highest BCUT2D eigenvalue weighted by Gasteiger charge is 2.39. The molecule has 0 atom stereocenters. The van der Waals surface area contributed by atoms with Gasteiger partial charge in [-0.2, -0.15) is 14.8 Å². The minimum Gasteiger partial charge on any atom is -0.871 e. The van der Waals surface area contributed by atoms with Gasteiger partial charge in [0, 0.05) is 31.9 Å². The number of benzene rings is 4. The average molecular weight is 865 g/mol. The number of carbonyl (C=O) groups excluding carboxylic acids is 1. The smallest absolute Gasteiger partial charge is 0.253 e. The van der Waals surface area contributed by atoms with Crippen LogP contribution in [-0.4, -0.2) is 107 Å². The summed E-state index contributed by atoms with van der Waals surface area (Å²) in [6, 6.07) is 42.7. The summed E-state index contributed by atoms with van der Waals surface area (Å²) in [5.41, 5.74) is 5.59. The van der Waals surface area contributed by atoms with Crippen LogP contribution in [0.2, 0.25) is 0 Å². The summed E-state index contributed by atoms with van der Waals surface area (Å²) < 4.78 is 37.0. The van der Waals surface area contributed by atoms with Gasteiger partial charge in [0.05, 0.1) is 98.8 Å². The first-order chi connectivity index (χ1) is 31.6. The zero-order valence-electron chi connectivity index (χ0n) is 36.0. The Morgan fingerprint density at radius 3 is 1.53 bits per heavy atom. The van der Waals surface area contributed by atoms with Crippen LogP contribution in [0.1, 0.15) is 11.4 Å². The second-order valence-corrected chi connectivity index (χ2v) is 14.3. The predicted octanol–water partition coefficient (Wildman–Crippen LogP) is 6.69. The molecule has 0 fully saturated rings. The number of rotatable bonds is 25.